The summed E-state index contributed by atoms with van der Waals surface area (Å²) in [4.78, 5) is 0. The third-order valence-electron chi connectivity index (χ3n) is 2.91. The van der Waals surface area contributed by atoms with Crippen LogP contribution in [0.1, 0.15) is 16.7 Å². The van der Waals surface area contributed by atoms with Gasteiger partial charge >= 0.3 is 0 Å². The molecule has 0 saturated carbocycles. The summed E-state index contributed by atoms with van der Waals surface area (Å²) in [5, 5.41) is 8.35. The van der Waals surface area contributed by atoms with Crippen molar-refractivity contribution in [1.82, 2.24) is 0 Å². The van der Waals surface area contributed by atoms with E-state index in [2.05, 4.69) is 31.9 Å². The molecule has 0 heterocycles. The first-order chi connectivity index (χ1) is 9.04. The Morgan fingerprint density at radius 2 is 1.68 bits per heavy atom. The lowest BCUT2D eigenvalue weighted by molar-refractivity contribution is 0.409. The van der Waals surface area contributed by atoms with Gasteiger partial charge in [0.05, 0.1) is 21.8 Å². The van der Waals surface area contributed by atoms with E-state index >= 15 is 0 Å². The summed E-state index contributed by atoms with van der Waals surface area (Å²) >= 11 is 6.93. The Morgan fingerprint density at radius 1 is 1.11 bits per heavy atom. The number of hydrogen-bond acceptors (Lipinski definition) is 2. The van der Waals surface area contributed by atoms with Crippen LogP contribution in [-0.2, 0) is 0 Å². The summed E-state index contributed by atoms with van der Waals surface area (Å²) in [6.07, 6.45) is 0. The third kappa shape index (κ3) is 2.90. The first-order valence-corrected chi connectivity index (χ1v) is 7.31. The normalized spacial score (nSPS) is 10.3. The lowest BCUT2D eigenvalue weighted by atomic mass is 9.98. The smallest absolute Gasteiger partial charge is 0.147 e. The number of rotatable bonds is 3. The van der Waals surface area contributed by atoms with E-state index in [1.54, 1.807) is 7.11 Å². The topological polar surface area (TPSA) is 33.1 Å². The summed E-state index contributed by atoms with van der Waals surface area (Å²) < 4.78 is 6.94. The molecule has 1 N–H and O–H groups in total. The highest BCUT2D eigenvalue weighted by molar-refractivity contribution is 9.11. The van der Waals surface area contributed by atoms with Crippen molar-refractivity contribution >= 4 is 37.6 Å². The van der Waals surface area contributed by atoms with E-state index in [1.807, 2.05) is 43.3 Å². The van der Waals surface area contributed by atoms with Gasteiger partial charge in [-0.1, -0.05) is 24.3 Å². The average Bonchev–Trinajstić information content (AvgIpc) is 2.38. The van der Waals surface area contributed by atoms with Gasteiger partial charge in [-0.15, -0.1) is 0 Å². The molecule has 2 rings (SSSR count). The Bertz CT molecular complexity index is 615. The molecule has 98 valence electrons. The van der Waals surface area contributed by atoms with Crippen molar-refractivity contribution in [2.45, 2.75) is 6.92 Å². The number of ether oxygens (including phenoxy) is 1. The SMILES string of the molecule is COc1c(Br)cc(C(=N)c2ccccc2C)cc1Br. The Labute approximate surface area is 129 Å². The van der Waals surface area contributed by atoms with Crippen LogP contribution in [0.3, 0.4) is 0 Å². The van der Waals surface area contributed by atoms with Gasteiger partial charge in [-0.3, -0.25) is 5.41 Å². The number of hydrogen-bond donors (Lipinski definition) is 1. The number of aryl methyl sites for hydroxylation is 1. The van der Waals surface area contributed by atoms with Gasteiger partial charge in [0.1, 0.15) is 5.75 Å². The fourth-order valence-corrected chi connectivity index (χ4v) is 3.42. The molecular weight excluding hydrogens is 370 g/mol. The van der Waals surface area contributed by atoms with Crippen LogP contribution < -0.4 is 4.74 Å². The monoisotopic (exact) mass is 381 g/mol. The quantitative estimate of drug-likeness (QED) is 0.749. The lowest BCUT2D eigenvalue weighted by Gasteiger charge is -2.11. The first-order valence-electron chi connectivity index (χ1n) is 5.72. The number of benzene rings is 2. The van der Waals surface area contributed by atoms with Crippen molar-refractivity contribution < 1.29 is 4.74 Å². The highest BCUT2D eigenvalue weighted by Crippen LogP contribution is 2.35. The van der Waals surface area contributed by atoms with Gasteiger partial charge in [0.2, 0.25) is 0 Å². The minimum Gasteiger partial charge on any atom is -0.494 e. The highest BCUT2D eigenvalue weighted by Gasteiger charge is 2.13. The summed E-state index contributed by atoms with van der Waals surface area (Å²) in [5.41, 5.74) is 3.37. The second-order valence-electron chi connectivity index (χ2n) is 4.16. The van der Waals surface area contributed by atoms with Crippen LogP contribution >= 0.6 is 31.9 Å². The molecule has 0 bridgehead atoms. The minimum atomic E-state index is 0.502. The molecule has 19 heavy (non-hydrogen) atoms. The fraction of sp³-hybridized carbons (Fsp3) is 0.133. The summed E-state index contributed by atoms with van der Waals surface area (Å²) in [6.45, 7) is 2.01. The van der Waals surface area contributed by atoms with Gasteiger partial charge in [-0.25, -0.2) is 0 Å². The maximum absolute atomic E-state index is 8.35. The van der Waals surface area contributed by atoms with E-state index in [0.29, 0.717) is 5.71 Å². The van der Waals surface area contributed by atoms with Crippen LogP contribution in [0.5, 0.6) is 5.75 Å². The minimum absolute atomic E-state index is 0.502. The summed E-state index contributed by atoms with van der Waals surface area (Å²) in [6, 6.07) is 11.7. The van der Waals surface area contributed by atoms with Gasteiger partial charge in [0, 0.05) is 11.1 Å². The van der Waals surface area contributed by atoms with Crippen LogP contribution in [0.15, 0.2) is 45.3 Å². The average molecular weight is 383 g/mol. The first kappa shape index (κ1) is 14.3. The van der Waals surface area contributed by atoms with E-state index in [4.69, 9.17) is 10.1 Å². The van der Waals surface area contributed by atoms with Gasteiger partial charge in [0.15, 0.2) is 0 Å². The van der Waals surface area contributed by atoms with Crippen molar-refractivity contribution in [3.05, 3.63) is 62.0 Å². The second kappa shape index (κ2) is 5.88. The Hall–Kier alpha value is -1.13. The zero-order valence-corrected chi connectivity index (χ0v) is 13.8. The molecule has 2 aromatic rings. The predicted molar refractivity (Wildman–Crippen MR) is 85.5 cm³/mol. The van der Waals surface area contributed by atoms with Crippen LogP contribution in [0.2, 0.25) is 0 Å². The molecule has 2 nitrogen and oxygen atoms in total. The molecule has 4 heteroatoms. The fourth-order valence-electron chi connectivity index (χ4n) is 1.91. The maximum Gasteiger partial charge on any atom is 0.147 e. The Kier molecular flexibility index (Phi) is 4.42. The zero-order chi connectivity index (χ0) is 14.0. The standard InChI is InChI=1S/C15H13Br2NO/c1-9-5-3-4-6-11(9)14(18)10-7-12(16)15(19-2)13(17)8-10/h3-8,18H,1-2H3. The molecule has 0 fully saturated rings. The van der Waals surface area contributed by atoms with Gasteiger partial charge in [0.25, 0.3) is 0 Å². The number of methoxy groups -OCH3 is 1. The molecule has 0 atom stereocenters. The van der Waals surface area contributed by atoms with Crippen molar-refractivity contribution in [3.63, 3.8) is 0 Å². The largest absolute Gasteiger partial charge is 0.494 e. The van der Waals surface area contributed by atoms with Crippen molar-refractivity contribution in [3.8, 4) is 5.75 Å². The molecule has 0 unspecified atom stereocenters. The molecule has 0 spiro atoms. The molecular formula is C15H13Br2NO. The molecule has 0 amide bonds. The van der Waals surface area contributed by atoms with E-state index in [1.165, 1.54) is 0 Å². The van der Waals surface area contributed by atoms with E-state index < -0.39 is 0 Å². The second-order valence-corrected chi connectivity index (χ2v) is 5.87. The summed E-state index contributed by atoms with van der Waals surface area (Å²) in [5.74, 6) is 0.737. The van der Waals surface area contributed by atoms with Crippen molar-refractivity contribution in [2.24, 2.45) is 0 Å². The molecule has 0 aliphatic heterocycles. The molecule has 0 saturated heterocycles. The third-order valence-corrected chi connectivity index (χ3v) is 4.08. The lowest BCUT2D eigenvalue weighted by Crippen LogP contribution is -2.04. The van der Waals surface area contributed by atoms with Crippen LogP contribution in [0.25, 0.3) is 0 Å². The summed E-state index contributed by atoms with van der Waals surface area (Å²) in [7, 11) is 1.62. The molecule has 0 aromatic heterocycles. The van der Waals surface area contributed by atoms with Crippen LogP contribution in [-0.4, -0.2) is 12.8 Å². The maximum atomic E-state index is 8.35. The van der Waals surface area contributed by atoms with Crippen LogP contribution in [0.4, 0.5) is 0 Å². The van der Waals surface area contributed by atoms with Gasteiger partial charge < -0.3 is 4.74 Å². The predicted octanol–water partition coefficient (Wildman–Crippen LogP) is 4.94. The zero-order valence-electron chi connectivity index (χ0n) is 10.6. The Balaban J connectivity index is 2.49. The molecule has 2 aromatic carbocycles. The van der Waals surface area contributed by atoms with E-state index in [9.17, 15) is 0 Å². The Morgan fingerprint density at radius 3 is 2.21 bits per heavy atom. The van der Waals surface area contributed by atoms with E-state index in [0.717, 1.165) is 31.4 Å². The molecule has 0 radical (unpaired) electrons. The molecule has 0 aliphatic rings. The van der Waals surface area contributed by atoms with Gasteiger partial charge in [-0.05, 0) is 56.5 Å². The van der Waals surface area contributed by atoms with Gasteiger partial charge in [-0.2, -0.15) is 0 Å². The molecule has 0 aliphatic carbocycles. The van der Waals surface area contributed by atoms with Crippen LogP contribution in [0, 0.1) is 12.3 Å². The van der Waals surface area contributed by atoms with Crippen molar-refractivity contribution in [1.29, 1.82) is 5.41 Å². The number of halogens is 2. The van der Waals surface area contributed by atoms with Crippen molar-refractivity contribution in [2.75, 3.05) is 7.11 Å². The highest BCUT2D eigenvalue weighted by atomic mass is 79.9. The van der Waals surface area contributed by atoms with E-state index in [-0.39, 0.29) is 0 Å². The number of nitrogens with one attached hydrogen (secondary N) is 1.